The maximum atomic E-state index is 12.9. The Kier molecular flexibility index (Phi) is 5.23. The molecule has 0 unspecified atom stereocenters. The zero-order valence-electron chi connectivity index (χ0n) is 15.9. The summed E-state index contributed by atoms with van der Waals surface area (Å²) in [6, 6.07) is 14.5. The van der Waals surface area contributed by atoms with Gasteiger partial charge in [-0.05, 0) is 44.0 Å². The zero-order valence-corrected chi connectivity index (χ0v) is 15.9. The number of aryl methyl sites for hydroxylation is 1. The molecule has 0 spiro atoms. The van der Waals surface area contributed by atoms with E-state index in [9.17, 15) is 4.79 Å². The molecule has 2 saturated heterocycles. The number of carbonyl (C=O) groups is 1. The first-order valence-corrected chi connectivity index (χ1v) is 9.85. The number of benzene rings is 1. The standard InChI is InChI=1S/C21H27N5O/c1-17-7-8-20(23-22-17)25-11-9-18(10-12-25)21(27)26-15-13-24(14-16-26)19-5-3-2-4-6-19/h2-8,18H,9-16H2,1H3. The Labute approximate surface area is 160 Å². The summed E-state index contributed by atoms with van der Waals surface area (Å²) in [6.07, 6.45) is 1.79. The van der Waals surface area contributed by atoms with Crippen LogP contribution in [0.4, 0.5) is 11.5 Å². The lowest BCUT2D eigenvalue weighted by atomic mass is 9.95. The molecule has 142 valence electrons. The topological polar surface area (TPSA) is 52.6 Å². The fraction of sp³-hybridized carbons (Fsp3) is 0.476. The van der Waals surface area contributed by atoms with Gasteiger partial charge in [-0.1, -0.05) is 18.2 Å². The van der Waals surface area contributed by atoms with E-state index >= 15 is 0 Å². The molecule has 2 aliphatic heterocycles. The molecule has 0 bridgehead atoms. The number of aromatic nitrogens is 2. The SMILES string of the molecule is Cc1ccc(N2CCC(C(=O)N3CCN(c4ccccc4)CC3)CC2)nn1. The zero-order chi connectivity index (χ0) is 18.6. The number of hydrogen-bond acceptors (Lipinski definition) is 5. The van der Waals surface area contributed by atoms with Gasteiger partial charge < -0.3 is 14.7 Å². The highest BCUT2D eigenvalue weighted by atomic mass is 16.2. The largest absolute Gasteiger partial charge is 0.368 e. The van der Waals surface area contributed by atoms with Crippen LogP contribution < -0.4 is 9.80 Å². The van der Waals surface area contributed by atoms with Crippen molar-refractivity contribution in [3.8, 4) is 0 Å². The normalized spacial score (nSPS) is 18.6. The third-order valence-corrected chi connectivity index (χ3v) is 5.66. The molecule has 6 nitrogen and oxygen atoms in total. The number of amides is 1. The Bertz CT molecular complexity index is 748. The van der Waals surface area contributed by atoms with Gasteiger partial charge in [0.05, 0.1) is 5.69 Å². The number of anilines is 2. The van der Waals surface area contributed by atoms with E-state index in [1.165, 1.54) is 5.69 Å². The fourth-order valence-corrected chi connectivity index (χ4v) is 4.00. The predicted octanol–water partition coefficient (Wildman–Crippen LogP) is 2.35. The minimum Gasteiger partial charge on any atom is -0.368 e. The molecular formula is C21H27N5O. The minimum atomic E-state index is 0.142. The van der Waals surface area contributed by atoms with Crippen LogP contribution in [0, 0.1) is 12.8 Å². The number of para-hydroxylation sites is 1. The van der Waals surface area contributed by atoms with E-state index in [4.69, 9.17) is 0 Å². The van der Waals surface area contributed by atoms with Crippen molar-refractivity contribution in [1.82, 2.24) is 15.1 Å². The van der Waals surface area contributed by atoms with E-state index in [1.54, 1.807) is 0 Å². The summed E-state index contributed by atoms with van der Waals surface area (Å²) in [6.45, 7) is 7.14. The molecule has 1 aromatic heterocycles. The Hall–Kier alpha value is -2.63. The van der Waals surface area contributed by atoms with Crippen LogP contribution in [0.15, 0.2) is 42.5 Å². The number of carbonyl (C=O) groups excluding carboxylic acids is 1. The number of piperidine rings is 1. The number of piperazine rings is 1. The predicted molar refractivity (Wildman–Crippen MR) is 107 cm³/mol. The molecule has 0 atom stereocenters. The number of rotatable bonds is 3. The first-order valence-electron chi connectivity index (χ1n) is 9.85. The van der Waals surface area contributed by atoms with Crippen LogP contribution in [0.1, 0.15) is 18.5 Å². The average molecular weight is 365 g/mol. The van der Waals surface area contributed by atoms with Crippen molar-refractivity contribution in [3.63, 3.8) is 0 Å². The lowest BCUT2D eigenvalue weighted by molar-refractivity contribution is -0.136. The number of hydrogen-bond donors (Lipinski definition) is 0. The second kappa shape index (κ2) is 7.94. The average Bonchev–Trinajstić information content (AvgIpc) is 2.75. The van der Waals surface area contributed by atoms with Crippen LogP contribution in [0.5, 0.6) is 0 Å². The van der Waals surface area contributed by atoms with Gasteiger partial charge in [0.2, 0.25) is 5.91 Å². The highest BCUT2D eigenvalue weighted by Crippen LogP contribution is 2.24. The van der Waals surface area contributed by atoms with Gasteiger partial charge in [-0.15, -0.1) is 5.10 Å². The second-order valence-corrected chi connectivity index (χ2v) is 7.44. The van der Waals surface area contributed by atoms with Crippen LogP contribution in [0.25, 0.3) is 0 Å². The van der Waals surface area contributed by atoms with E-state index in [1.807, 2.05) is 25.1 Å². The summed E-state index contributed by atoms with van der Waals surface area (Å²) in [4.78, 5) is 19.6. The molecule has 2 aromatic rings. The molecule has 2 aliphatic rings. The van der Waals surface area contributed by atoms with Crippen molar-refractivity contribution < 1.29 is 4.79 Å². The molecule has 6 heteroatoms. The van der Waals surface area contributed by atoms with Crippen LogP contribution in [-0.4, -0.2) is 60.3 Å². The van der Waals surface area contributed by atoms with Gasteiger partial charge in [0, 0.05) is 50.9 Å². The van der Waals surface area contributed by atoms with Gasteiger partial charge in [-0.2, -0.15) is 5.10 Å². The monoisotopic (exact) mass is 365 g/mol. The summed E-state index contributed by atoms with van der Waals surface area (Å²) in [7, 11) is 0. The summed E-state index contributed by atoms with van der Waals surface area (Å²) < 4.78 is 0. The molecule has 27 heavy (non-hydrogen) atoms. The van der Waals surface area contributed by atoms with Crippen molar-refractivity contribution in [1.29, 1.82) is 0 Å². The third-order valence-electron chi connectivity index (χ3n) is 5.66. The quantitative estimate of drug-likeness (QED) is 0.836. The first kappa shape index (κ1) is 17.8. The molecule has 1 aromatic carbocycles. The first-order chi connectivity index (χ1) is 13.2. The minimum absolute atomic E-state index is 0.142. The highest BCUT2D eigenvalue weighted by molar-refractivity contribution is 5.79. The smallest absolute Gasteiger partial charge is 0.225 e. The van der Waals surface area contributed by atoms with Crippen molar-refractivity contribution in [2.75, 3.05) is 49.1 Å². The van der Waals surface area contributed by atoms with E-state index in [0.717, 1.165) is 63.6 Å². The van der Waals surface area contributed by atoms with Gasteiger partial charge >= 0.3 is 0 Å². The van der Waals surface area contributed by atoms with Crippen molar-refractivity contribution in [2.45, 2.75) is 19.8 Å². The second-order valence-electron chi connectivity index (χ2n) is 7.44. The van der Waals surface area contributed by atoms with Gasteiger partial charge in [0.15, 0.2) is 5.82 Å². The van der Waals surface area contributed by atoms with Crippen LogP contribution >= 0.6 is 0 Å². The number of nitrogens with zero attached hydrogens (tertiary/aromatic N) is 5. The molecule has 4 rings (SSSR count). The van der Waals surface area contributed by atoms with Gasteiger partial charge in [-0.25, -0.2) is 0 Å². The van der Waals surface area contributed by atoms with E-state index in [0.29, 0.717) is 5.91 Å². The van der Waals surface area contributed by atoms with E-state index < -0.39 is 0 Å². The molecule has 0 aliphatic carbocycles. The Morgan fingerprint density at radius 1 is 0.852 bits per heavy atom. The third kappa shape index (κ3) is 4.04. The molecule has 2 fully saturated rings. The van der Waals surface area contributed by atoms with Gasteiger partial charge in [-0.3, -0.25) is 4.79 Å². The van der Waals surface area contributed by atoms with Gasteiger partial charge in [0.25, 0.3) is 0 Å². The van der Waals surface area contributed by atoms with E-state index in [-0.39, 0.29) is 5.92 Å². The Balaban J connectivity index is 1.28. The van der Waals surface area contributed by atoms with Gasteiger partial charge in [0.1, 0.15) is 0 Å². The van der Waals surface area contributed by atoms with Crippen LogP contribution in [0.3, 0.4) is 0 Å². The van der Waals surface area contributed by atoms with Crippen molar-refractivity contribution in [2.24, 2.45) is 5.92 Å². The lowest BCUT2D eigenvalue weighted by Crippen LogP contribution is -2.51. The molecule has 0 N–H and O–H groups in total. The van der Waals surface area contributed by atoms with Crippen LogP contribution in [0.2, 0.25) is 0 Å². The molecule has 1 amide bonds. The molecule has 3 heterocycles. The van der Waals surface area contributed by atoms with Crippen LogP contribution in [-0.2, 0) is 4.79 Å². The summed E-state index contributed by atoms with van der Waals surface area (Å²) >= 11 is 0. The molecule has 0 radical (unpaired) electrons. The van der Waals surface area contributed by atoms with Crippen molar-refractivity contribution >= 4 is 17.4 Å². The maximum absolute atomic E-state index is 12.9. The highest BCUT2D eigenvalue weighted by Gasteiger charge is 2.30. The molecule has 0 saturated carbocycles. The van der Waals surface area contributed by atoms with Crippen molar-refractivity contribution in [3.05, 3.63) is 48.2 Å². The fourth-order valence-electron chi connectivity index (χ4n) is 4.00. The summed E-state index contributed by atoms with van der Waals surface area (Å²) in [5.74, 6) is 1.39. The van der Waals surface area contributed by atoms with E-state index in [2.05, 4.69) is 49.2 Å². The molecular weight excluding hydrogens is 338 g/mol. The lowest BCUT2D eigenvalue weighted by Gasteiger charge is -2.39. The maximum Gasteiger partial charge on any atom is 0.225 e. The Morgan fingerprint density at radius 3 is 2.19 bits per heavy atom. The summed E-state index contributed by atoms with van der Waals surface area (Å²) in [5.41, 5.74) is 2.18. The Morgan fingerprint density at radius 2 is 1.56 bits per heavy atom. The summed E-state index contributed by atoms with van der Waals surface area (Å²) in [5, 5.41) is 8.42.